The molecule has 0 amide bonds. The van der Waals surface area contributed by atoms with Crippen LogP contribution in [0.4, 0.5) is 17.1 Å². The fourth-order valence-electron chi connectivity index (χ4n) is 11.0. The van der Waals surface area contributed by atoms with Gasteiger partial charge in [0, 0.05) is 22.4 Å². The van der Waals surface area contributed by atoms with Crippen molar-refractivity contribution in [3.05, 3.63) is 257 Å². The van der Waals surface area contributed by atoms with Crippen LogP contribution in [0.2, 0.25) is 0 Å². The Labute approximate surface area is 379 Å². The summed E-state index contributed by atoms with van der Waals surface area (Å²) in [4.78, 5) is 2.54. The van der Waals surface area contributed by atoms with E-state index in [0.717, 1.165) is 17.1 Å². The summed E-state index contributed by atoms with van der Waals surface area (Å²) in [6, 6.07) is 79.8. The molecule has 0 saturated carbocycles. The number of fused-ring (bicyclic) bond motifs is 6. The number of hydrogen-bond acceptors (Lipinski definition) is 1. The first-order valence-electron chi connectivity index (χ1n) is 22.8. The zero-order valence-electron chi connectivity index (χ0n) is 37.7. The number of rotatable bonds is 7. The van der Waals surface area contributed by atoms with Gasteiger partial charge in [-0.1, -0.05) is 211 Å². The molecule has 0 bridgehead atoms. The molecule has 1 nitrogen and oxygen atoms in total. The van der Waals surface area contributed by atoms with Crippen molar-refractivity contribution < 1.29 is 0 Å². The molecule has 2 aliphatic rings. The highest BCUT2D eigenvalue weighted by atomic mass is 15.1. The van der Waals surface area contributed by atoms with Gasteiger partial charge >= 0.3 is 0 Å². The maximum absolute atomic E-state index is 2.54. The molecule has 0 heterocycles. The molecule has 0 spiro atoms. The average Bonchev–Trinajstić information content (AvgIpc) is 3.75. The number of aryl methyl sites for hydroxylation is 1. The molecule has 11 rings (SSSR count). The molecule has 9 aromatic rings. The van der Waals surface area contributed by atoms with Crippen molar-refractivity contribution in [1.29, 1.82) is 0 Å². The number of anilines is 3. The monoisotopic (exact) mass is 823 g/mol. The summed E-state index contributed by atoms with van der Waals surface area (Å²) in [6.45, 7) is 13.8. The van der Waals surface area contributed by atoms with Gasteiger partial charge in [0.1, 0.15) is 0 Å². The number of nitrogens with zero attached hydrogens (tertiary/aromatic N) is 1. The second-order valence-electron chi connectivity index (χ2n) is 19.4. The third kappa shape index (κ3) is 6.13. The Bertz CT molecular complexity index is 3180. The minimum Gasteiger partial charge on any atom is -0.310 e. The highest BCUT2D eigenvalue weighted by Gasteiger charge is 2.46. The zero-order chi connectivity index (χ0) is 43.8. The first-order chi connectivity index (χ1) is 31.0. The van der Waals surface area contributed by atoms with Crippen molar-refractivity contribution in [3.63, 3.8) is 0 Å². The lowest BCUT2D eigenvalue weighted by Crippen LogP contribution is -2.28. The topological polar surface area (TPSA) is 3.24 Å². The Balaban J connectivity index is 1.19. The first kappa shape index (κ1) is 39.6. The van der Waals surface area contributed by atoms with E-state index in [2.05, 4.69) is 259 Å². The van der Waals surface area contributed by atoms with E-state index in [1.54, 1.807) is 0 Å². The number of benzene rings is 9. The molecular formula is C63H53N. The van der Waals surface area contributed by atoms with Crippen LogP contribution in [-0.4, -0.2) is 0 Å². The molecule has 0 N–H and O–H groups in total. The van der Waals surface area contributed by atoms with Crippen molar-refractivity contribution in [2.45, 2.75) is 57.8 Å². The quantitative estimate of drug-likeness (QED) is 0.155. The average molecular weight is 824 g/mol. The first-order valence-corrected chi connectivity index (χ1v) is 22.8. The van der Waals surface area contributed by atoms with Gasteiger partial charge in [0.2, 0.25) is 0 Å². The second-order valence-corrected chi connectivity index (χ2v) is 19.4. The van der Waals surface area contributed by atoms with Crippen LogP contribution in [-0.2, 0) is 16.2 Å². The van der Waals surface area contributed by atoms with E-state index in [1.165, 1.54) is 89.0 Å². The molecule has 0 atom stereocenters. The van der Waals surface area contributed by atoms with Crippen LogP contribution < -0.4 is 4.90 Å². The molecule has 0 aromatic heterocycles. The van der Waals surface area contributed by atoms with Crippen molar-refractivity contribution >= 4 is 17.1 Å². The minimum atomic E-state index is -0.528. The van der Waals surface area contributed by atoms with Gasteiger partial charge in [-0.3, -0.25) is 0 Å². The van der Waals surface area contributed by atoms with E-state index < -0.39 is 5.41 Å². The van der Waals surface area contributed by atoms with Crippen LogP contribution >= 0.6 is 0 Å². The maximum Gasteiger partial charge on any atom is 0.0714 e. The van der Waals surface area contributed by atoms with Gasteiger partial charge in [-0.15, -0.1) is 0 Å². The highest BCUT2D eigenvalue weighted by Crippen LogP contribution is 2.58. The van der Waals surface area contributed by atoms with Crippen molar-refractivity contribution in [2.75, 3.05) is 4.90 Å². The van der Waals surface area contributed by atoms with Crippen molar-refractivity contribution in [3.8, 4) is 44.5 Å². The van der Waals surface area contributed by atoms with Crippen LogP contribution in [0.5, 0.6) is 0 Å². The molecule has 1 heteroatoms. The van der Waals surface area contributed by atoms with Crippen LogP contribution in [0.3, 0.4) is 0 Å². The summed E-state index contributed by atoms with van der Waals surface area (Å²) in [5, 5.41) is 0. The summed E-state index contributed by atoms with van der Waals surface area (Å²) in [6.07, 6.45) is 0. The molecule has 0 radical (unpaired) electrons. The lowest BCUT2D eigenvalue weighted by molar-refractivity contribution is 0.590. The zero-order valence-corrected chi connectivity index (χ0v) is 37.7. The molecule has 0 fully saturated rings. The summed E-state index contributed by atoms with van der Waals surface area (Å²) < 4.78 is 0. The van der Waals surface area contributed by atoms with Crippen molar-refractivity contribution in [2.24, 2.45) is 0 Å². The van der Waals surface area contributed by atoms with Gasteiger partial charge in [0.15, 0.2) is 0 Å². The molecule has 9 aromatic carbocycles. The predicted octanol–water partition coefficient (Wildman–Crippen LogP) is 16.8. The molecule has 0 saturated heterocycles. The van der Waals surface area contributed by atoms with Gasteiger partial charge in [-0.2, -0.15) is 0 Å². The van der Waals surface area contributed by atoms with E-state index in [9.17, 15) is 0 Å². The van der Waals surface area contributed by atoms with Gasteiger partial charge in [-0.25, -0.2) is 0 Å². The third-order valence-corrected chi connectivity index (χ3v) is 14.3. The predicted molar refractivity (Wildman–Crippen MR) is 270 cm³/mol. The maximum atomic E-state index is 2.54. The molecule has 310 valence electrons. The molecule has 2 aliphatic carbocycles. The Kier molecular flexibility index (Phi) is 9.26. The molecular weight excluding hydrogens is 771 g/mol. The van der Waals surface area contributed by atoms with E-state index in [1.807, 2.05) is 0 Å². The Morgan fingerprint density at radius 2 is 0.859 bits per heavy atom. The second kappa shape index (κ2) is 15.0. The van der Waals surface area contributed by atoms with E-state index in [-0.39, 0.29) is 10.8 Å². The van der Waals surface area contributed by atoms with Crippen LogP contribution in [0, 0.1) is 6.92 Å². The lowest BCUT2D eigenvalue weighted by atomic mass is 9.67. The Morgan fingerprint density at radius 1 is 0.375 bits per heavy atom. The van der Waals surface area contributed by atoms with E-state index in [4.69, 9.17) is 0 Å². The largest absolute Gasteiger partial charge is 0.310 e. The van der Waals surface area contributed by atoms with Gasteiger partial charge in [0.25, 0.3) is 0 Å². The highest BCUT2D eigenvalue weighted by molar-refractivity contribution is 5.95. The molecule has 0 unspecified atom stereocenters. The van der Waals surface area contributed by atoms with Crippen molar-refractivity contribution in [1.82, 2.24) is 0 Å². The minimum absolute atomic E-state index is 0.0802. The van der Waals surface area contributed by atoms with E-state index in [0.29, 0.717) is 0 Å². The summed E-state index contributed by atoms with van der Waals surface area (Å²) in [5.41, 5.74) is 23.2. The summed E-state index contributed by atoms with van der Waals surface area (Å²) in [7, 11) is 0. The summed E-state index contributed by atoms with van der Waals surface area (Å²) >= 11 is 0. The fraction of sp³-hybridized carbons (Fsp3) is 0.143. The van der Waals surface area contributed by atoms with Gasteiger partial charge in [0.05, 0.1) is 11.1 Å². The fourth-order valence-corrected chi connectivity index (χ4v) is 11.0. The number of hydrogen-bond donors (Lipinski definition) is 0. The third-order valence-electron chi connectivity index (χ3n) is 14.3. The Morgan fingerprint density at radius 3 is 1.47 bits per heavy atom. The normalized spacial score (nSPS) is 14.0. The van der Waals surface area contributed by atoms with Crippen LogP contribution in [0.25, 0.3) is 44.5 Å². The summed E-state index contributed by atoms with van der Waals surface area (Å²) in [5.74, 6) is 0. The van der Waals surface area contributed by atoms with Crippen LogP contribution in [0.15, 0.2) is 212 Å². The van der Waals surface area contributed by atoms with E-state index >= 15 is 0 Å². The Hall–Kier alpha value is -7.22. The molecule has 64 heavy (non-hydrogen) atoms. The van der Waals surface area contributed by atoms with Crippen LogP contribution in [0.1, 0.15) is 79.1 Å². The van der Waals surface area contributed by atoms with Gasteiger partial charge in [-0.05, 0) is 132 Å². The lowest BCUT2D eigenvalue weighted by Gasteiger charge is -2.35. The smallest absolute Gasteiger partial charge is 0.0714 e. The van der Waals surface area contributed by atoms with Gasteiger partial charge < -0.3 is 4.90 Å². The molecule has 0 aliphatic heterocycles. The standard InChI is InChI=1S/C63H53N/c1-42-19-13-14-24-50(42)55-39-44(43-29-32-45(33-30-43)61(2,3)4)31-38-60(55)64(48-34-36-53-51-25-15-17-27-56(51)62(5,6)58(53)40-48)49-35-37-54-52-26-16-18-28-57(52)63(59(54)41-49,46-20-9-7-10-21-46)47-22-11-8-12-23-47/h7-41H,1-6H3. The SMILES string of the molecule is Cc1ccccc1-c1cc(-c2ccc(C(C)(C)C)cc2)ccc1N(c1ccc2c(c1)C(C)(C)c1ccccc1-2)c1ccc2c(c1)C(c1ccccc1)(c1ccccc1)c1ccccc1-2.